The van der Waals surface area contributed by atoms with Crippen LogP contribution in [0.4, 0.5) is 0 Å². The molecule has 0 spiro atoms. The summed E-state index contributed by atoms with van der Waals surface area (Å²) in [5.41, 5.74) is 1.24. The first kappa shape index (κ1) is 23.0. The van der Waals surface area contributed by atoms with Gasteiger partial charge in [-0.3, -0.25) is 14.3 Å². The van der Waals surface area contributed by atoms with E-state index in [1.54, 1.807) is 18.7 Å². The van der Waals surface area contributed by atoms with E-state index >= 15 is 0 Å². The largest absolute Gasteiger partial charge is 0.461 e. The van der Waals surface area contributed by atoms with Gasteiger partial charge in [0.2, 0.25) is 5.91 Å². The second-order valence-corrected chi connectivity index (χ2v) is 9.26. The molecule has 0 bridgehead atoms. The Morgan fingerprint density at radius 3 is 2.67 bits per heavy atom. The average molecular weight is 453 g/mol. The number of aromatic nitrogens is 2. The minimum Gasteiger partial charge on any atom is -0.461 e. The lowest BCUT2D eigenvalue weighted by Crippen LogP contribution is -2.64. The number of carbonyl (C=O) groups excluding carboxylic acids is 3. The second-order valence-electron chi connectivity index (χ2n) is 9.26. The van der Waals surface area contributed by atoms with Crippen molar-refractivity contribution in [1.82, 2.24) is 20.0 Å². The lowest BCUT2D eigenvalue weighted by atomic mass is 9.91. The number of rotatable bonds is 6. The number of amides is 2. The van der Waals surface area contributed by atoms with Crippen molar-refractivity contribution in [3.05, 3.63) is 52.8 Å². The summed E-state index contributed by atoms with van der Waals surface area (Å²) in [6.07, 6.45) is 5.29. The molecule has 8 nitrogen and oxygen atoms in total. The fourth-order valence-electron chi connectivity index (χ4n) is 4.78. The Morgan fingerprint density at radius 1 is 1.21 bits per heavy atom. The summed E-state index contributed by atoms with van der Waals surface area (Å²) in [4.78, 5) is 41.1. The van der Waals surface area contributed by atoms with E-state index in [9.17, 15) is 14.4 Å². The molecule has 0 radical (unpaired) electrons. The van der Waals surface area contributed by atoms with Crippen molar-refractivity contribution in [3.8, 4) is 0 Å². The monoisotopic (exact) mass is 452 g/mol. The van der Waals surface area contributed by atoms with Gasteiger partial charge in [-0.25, -0.2) is 4.79 Å². The molecular weight excluding hydrogens is 420 g/mol. The quantitative estimate of drug-likeness (QED) is 0.679. The van der Waals surface area contributed by atoms with Crippen molar-refractivity contribution >= 4 is 17.8 Å². The topological polar surface area (TPSA) is 93.5 Å². The van der Waals surface area contributed by atoms with E-state index in [1.165, 1.54) is 17.2 Å². The molecule has 8 heteroatoms. The molecule has 0 saturated heterocycles. The van der Waals surface area contributed by atoms with Gasteiger partial charge in [0.15, 0.2) is 5.69 Å². The Hall–Kier alpha value is -3.16. The zero-order chi connectivity index (χ0) is 23.6. The van der Waals surface area contributed by atoms with E-state index in [2.05, 4.69) is 10.4 Å². The molecule has 4 rings (SSSR count). The van der Waals surface area contributed by atoms with Crippen LogP contribution in [0.5, 0.6) is 0 Å². The van der Waals surface area contributed by atoms with Gasteiger partial charge in [0.05, 0.1) is 13.2 Å². The molecule has 2 aliphatic rings. The Kier molecular flexibility index (Phi) is 6.54. The number of hydrogen-bond donors (Lipinski definition) is 1. The Balaban J connectivity index is 1.68. The molecule has 1 atom stereocenters. The predicted molar refractivity (Wildman–Crippen MR) is 123 cm³/mol. The smallest absolute Gasteiger partial charge is 0.358 e. The molecule has 176 valence electrons. The number of carbonyl (C=O) groups is 3. The fourth-order valence-corrected chi connectivity index (χ4v) is 4.78. The normalized spacial score (nSPS) is 20.9. The maximum absolute atomic E-state index is 13.6. The summed E-state index contributed by atoms with van der Waals surface area (Å²) < 4.78 is 6.53. The maximum atomic E-state index is 13.6. The Bertz CT molecular complexity index is 1060. The van der Waals surface area contributed by atoms with Gasteiger partial charge in [-0.05, 0) is 39.2 Å². The maximum Gasteiger partial charge on any atom is 0.358 e. The highest BCUT2D eigenvalue weighted by molar-refractivity contribution is 6.01. The third kappa shape index (κ3) is 4.65. The van der Waals surface area contributed by atoms with Crippen molar-refractivity contribution in [2.24, 2.45) is 0 Å². The van der Waals surface area contributed by atoms with Crippen LogP contribution in [0.1, 0.15) is 78.1 Å². The van der Waals surface area contributed by atoms with Gasteiger partial charge >= 0.3 is 5.97 Å². The molecule has 1 aliphatic heterocycles. The van der Waals surface area contributed by atoms with Gasteiger partial charge < -0.3 is 15.0 Å². The first-order chi connectivity index (χ1) is 15.8. The molecule has 0 unspecified atom stereocenters. The second kappa shape index (κ2) is 9.37. The van der Waals surface area contributed by atoms with Gasteiger partial charge in [-0.15, -0.1) is 0 Å². The van der Waals surface area contributed by atoms with E-state index in [0.29, 0.717) is 0 Å². The van der Waals surface area contributed by atoms with E-state index < -0.39 is 11.5 Å². The van der Waals surface area contributed by atoms with Crippen molar-refractivity contribution in [2.75, 3.05) is 6.61 Å². The van der Waals surface area contributed by atoms with Crippen LogP contribution >= 0.6 is 0 Å². The number of aryl methyl sites for hydroxylation is 1. The standard InChI is InChI=1S/C25H32N4O4/c1-4-33-23(31)20-14-21-22(30)28(15-18-10-8-9-17(2)13-18)25(3,16-29(21)27-20)24(32)26-19-11-6-5-7-12-19/h8-10,13-14,19H,4-7,11-12,15-16H2,1-3H3,(H,26,32)/t25-/m1/s1. The number of nitrogens with one attached hydrogen (secondary N) is 1. The fraction of sp³-hybridized carbons (Fsp3) is 0.520. The lowest BCUT2D eigenvalue weighted by Gasteiger charge is -2.44. The van der Waals surface area contributed by atoms with Crippen molar-refractivity contribution in [3.63, 3.8) is 0 Å². The molecule has 1 aromatic heterocycles. The van der Waals surface area contributed by atoms with Crippen LogP contribution in [0, 0.1) is 6.92 Å². The number of nitrogens with zero attached hydrogens (tertiary/aromatic N) is 3. The molecule has 2 heterocycles. The predicted octanol–water partition coefficient (Wildman–Crippen LogP) is 3.23. The number of ether oxygens (including phenoxy) is 1. The first-order valence-corrected chi connectivity index (χ1v) is 11.8. The van der Waals surface area contributed by atoms with Crippen LogP contribution in [0.15, 0.2) is 30.3 Å². The van der Waals surface area contributed by atoms with Crippen LogP contribution in [0.25, 0.3) is 0 Å². The SMILES string of the molecule is CCOC(=O)c1cc2n(n1)C[C@](C)(C(=O)NC1CCCCC1)N(Cc1cccc(C)c1)C2=O. The van der Waals surface area contributed by atoms with E-state index in [-0.39, 0.29) is 48.9 Å². The summed E-state index contributed by atoms with van der Waals surface area (Å²) >= 11 is 0. The summed E-state index contributed by atoms with van der Waals surface area (Å²) in [7, 11) is 0. The number of fused-ring (bicyclic) bond motifs is 1. The third-order valence-electron chi connectivity index (χ3n) is 6.63. The minimum atomic E-state index is -1.15. The minimum absolute atomic E-state index is 0.0765. The zero-order valence-corrected chi connectivity index (χ0v) is 19.6. The molecule has 33 heavy (non-hydrogen) atoms. The summed E-state index contributed by atoms with van der Waals surface area (Å²) in [6.45, 7) is 6.17. The third-order valence-corrected chi connectivity index (χ3v) is 6.63. The van der Waals surface area contributed by atoms with E-state index in [1.807, 2.05) is 31.2 Å². The van der Waals surface area contributed by atoms with E-state index in [4.69, 9.17) is 4.74 Å². The van der Waals surface area contributed by atoms with Crippen LogP contribution in [-0.4, -0.2) is 50.7 Å². The van der Waals surface area contributed by atoms with Crippen LogP contribution in [-0.2, 0) is 22.6 Å². The molecule has 1 aromatic carbocycles. The Labute approximate surface area is 194 Å². The van der Waals surface area contributed by atoms with Crippen molar-refractivity contribution in [1.29, 1.82) is 0 Å². The number of benzene rings is 1. The van der Waals surface area contributed by atoms with Crippen LogP contribution in [0.3, 0.4) is 0 Å². The molecule has 2 aromatic rings. The molecular formula is C25H32N4O4. The zero-order valence-electron chi connectivity index (χ0n) is 19.6. The van der Waals surface area contributed by atoms with Crippen LogP contribution in [0.2, 0.25) is 0 Å². The first-order valence-electron chi connectivity index (χ1n) is 11.8. The van der Waals surface area contributed by atoms with Crippen LogP contribution < -0.4 is 5.32 Å². The molecule has 1 saturated carbocycles. The van der Waals surface area contributed by atoms with Gasteiger partial charge in [0.25, 0.3) is 5.91 Å². The van der Waals surface area contributed by atoms with Crippen molar-refractivity contribution in [2.45, 2.75) is 77.5 Å². The number of esters is 1. The van der Waals surface area contributed by atoms with Gasteiger partial charge in [0.1, 0.15) is 11.2 Å². The summed E-state index contributed by atoms with van der Waals surface area (Å²) in [6, 6.07) is 9.49. The summed E-state index contributed by atoms with van der Waals surface area (Å²) in [5, 5.41) is 7.51. The molecule has 1 N–H and O–H groups in total. The van der Waals surface area contributed by atoms with E-state index in [0.717, 1.165) is 36.8 Å². The van der Waals surface area contributed by atoms with Gasteiger partial charge in [0, 0.05) is 18.7 Å². The number of hydrogen-bond acceptors (Lipinski definition) is 5. The highest BCUT2D eigenvalue weighted by Gasteiger charge is 2.48. The van der Waals surface area contributed by atoms with Gasteiger partial charge in [-0.1, -0.05) is 49.1 Å². The molecule has 1 aliphatic carbocycles. The Morgan fingerprint density at radius 2 is 1.97 bits per heavy atom. The highest BCUT2D eigenvalue weighted by Crippen LogP contribution is 2.30. The highest BCUT2D eigenvalue weighted by atomic mass is 16.5. The molecule has 1 fully saturated rings. The van der Waals surface area contributed by atoms with Gasteiger partial charge in [-0.2, -0.15) is 5.10 Å². The lowest BCUT2D eigenvalue weighted by molar-refractivity contribution is -0.134. The van der Waals surface area contributed by atoms with Crippen molar-refractivity contribution < 1.29 is 19.1 Å². The average Bonchev–Trinajstić information content (AvgIpc) is 3.21. The molecule has 2 amide bonds. The summed E-state index contributed by atoms with van der Waals surface area (Å²) in [5.74, 6) is -1.09.